The number of hydrazone groups is 1. The standard InChI is InChI=1S/C25H20BrN5O3/c1-15(32)27-18-9-11-19(12-10-18)34-25(33)31-23(16-5-4-6-17(26)13-16)14-22(30-31)24-28-20-7-2-3-8-21(20)29-24/h2-13,23H,14H2,1H3,(H,27,32)(H,28,29). The van der Waals surface area contributed by atoms with Crippen LogP contribution in [0.4, 0.5) is 10.5 Å². The number of nitrogens with one attached hydrogen (secondary N) is 2. The molecule has 4 aromatic rings. The van der Waals surface area contributed by atoms with Gasteiger partial charge in [0.2, 0.25) is 5.91 Å². The van der Waals surface area contributed by atoms with Crippen molar-refractivity contribution in [3.8, 4) is 5.75 Å². The minimum atomic E-state index is -0.608. The fourth-order valence-electron chi connectivity index (χ4n) is 3.84. The van der Waals surface area contributed by atoms with Crippen LogP contribution < -0.4 is 10.1 Å². The number of carbonyl (C=O) groups excluding carboxylic acids is 2. The van der Waals surface area contributed by atoms with Crippen LogP contribution in [0.25, 0.3) is 11.0 Å². The first-order chi connectivity index (χ1) is 16.5. The van der Waals surface area contributed by atoms with Crippen molar-refractivity contribution in [2.24, 2.45) is 5.10 Å². The molecule has 9 heteroatoms. The van der Waals surface area contributed by atoms with Crippen molar-refractivity contribution < 1.29 is 14.3 Å². The molecular weight excluding hydrogens is 498 g/mol. The highest BCUT2D eigenvalue weighted by molar-refractivity contribution is 9.10. The van der Waals surface area contributed by atoms with Crippen LogP contribution in [0.1, 0.15) is 30.8 Å². The number of amides is 2. The number of ether oxygens (including phenoxy) is 1. The van der Waals surface area contributed by atoms with Crippen molar-refractivity contribution in [1.82, 2.24) is 15.0 Å². The second kappa shape index (κ2) is 9.11. The maximum atomic E-state index is 13.2. The summed E-state index contributed by atoms with van der Waals surface area (Å²) in [7, 11) is 0. The van der Waals surface area contributed by atoms with Crippen LogP contribution in [-0.4, -0.2) is 32.7 Å². The number of rotatable bonds is 4. The molecule has 5 rings (SSSR count). The van der Waals surface area contributed by atoms with Gasteiger partial charge < -0.3 is 15.0 Å². The van der Waals surface area contributed by atoms with Crippen molar-refractivity contribution in [2.45, 2.75) is 19.4 Å². The summed E-state index contributed by atoms with van der Waals surface area (Å²) in [5.41, 5.74) is 3.94. The lowest BCUT2D eigenvalue weighted by molar-refractivity contribution is -0.114. The molecule has 0 saturated carbocycles. The monoisotopic (exact) mass is 517 g/mol. The number of nitrogens with zero attached hydrogens (tertiary/aromatic N) is 3. The Labute approximate surface area is 203 Å². The quantitative estimate of drug-likeness (QED) is 0.366. The van der Waals surface area contributed by atoms with Crippen LogP contribution in [0.15, 0.2) is 82.4 Å². The summed E-state index contributed by atoms with van der Waals surface area (Å²) in [5.74, 6) is 0.793. The van der Waals surface area contributed by atoms with E-state index in [0.29, 0.717) is 29.4 Å². The molecule has 170 valence electrons. The van der Waals surface area contributed by atoms with Gasteiger partial charge in [-0.2, -0.15) is 10.1 Å². The molecule has 0 saturated heterocycles. The van der Waals surface area contributed by atoms with Gasteiger partial charge in [-0.05, 0) is 54.1 Å². The van der Waals surface area contributed by atoms with Crippen LogP contribution in [0.5, 0.6) is 5.75 Å². The molecule has 34 heavy (non-hydrogen) atoms. The van der Waals surface area contributed by atoms with Gasteiger partial charge in [0.1, 0.15) is 11.5 Å². The molecule has 1 aromatic heterocycles. The summed E-state index contributed by atoms with van der Waals surface area (Å²) in [4.78, 5) is 32.3. The first-order valence-corrected chi connectivity index (χ1v) is 11.4. The van der Waals surface area contributed by atoms with E-state index in [-0.39, 0.29) is 11.9 Å². The number of fused-ring (bicyclic) bond motifs is 1. The molecule has 3 aromatic carbocycles. The first-order valence-electron chi connectivity index (χ1n) is 10.6. The van der Waals surface area contributed by atoms with Gasteiger partial charge in [-0.3, -0.25) is 4.79 Å². The van der Waals surface area contributed by atoms with Crippen molar-refractivity contribution in [1.29, 1.82) is 0 Å². The molecule has 1 unspecified atom stereocenters. The average Bonchev–Trinajstić information content (AvgIpc) is 3.45. The van der Waals surface area contributed by atoms with Crippen LogP contribution in [-0.2, 0) is 4.79 Å². The highest BCUT2D eigenvalue weighted by Gasteiger charge is 2.35. The van der Waals surface area contributed by atoms with E-state index in [1.54, 1.807) is 24.3 Å². The van der Waals surface area contributed by atoms with Crippen molar-refractivity contribution in [2.75, 3.05) is 5.32 Å². The topological polar surface area (TPSA) is 99.7 Å². The second-order valence-corrected chi connectivity index (χ2v) is 8.76. The van der Waals surface area contributed by atoms with Gasteiger partial charge in [0.25, 0.3) is 0 Å². The fraction of sp³-hybridized carbons (Fsp3) is 0.120. The van der Waals surface area contributed by atoms with Gasteiger partial charge in [0.15, 0.2) is 5.82 Å². The van der Waals surface area contributed by atoms with Gasteiger partial charge >= 0.3 is 6.09 Å². The molecule has 0 bridgehead atoms. The third kappa shape index (κ3) is 4.55. The highest BCUT2D eigenvalue weighted by atomic mass is 79.9. The number of anilines is 1. The molecule has 2 heterocycles. The van der Waals surface area contributed by atoms with Crippen molar-refractivity contribution in [3.63, 3.8) is 0 Å². The minimum Gasteiger partial charge on any atom is -0.409 e. The number of benzene rings is 3. The molecule has 8 nitrogen and oxygen atoms in total. The zero-order chi connectivity index (χ0) is 23.7. The molecule has 0 aliphatic carbocycles. The maximum absolute atomic E-state index is 13.2. The number of carbonyl (C=O) groups is 2. The molecule has 0 radical (unpaired) electrons. The molecule has 2 amide bonds. The Kier molecular flexibility index (Phi) is 5.85. The van der Waals surface area contributed by atoms with E-state index in [1.807, 2.05) is 48.5 Å². The maximum Gasteiger partial charge on any atom is 0.436 e. The van der Waals surface area contributed by atoms with Gasteiger partial charge in [-0.1, -0.05) is 40.2 Å². The number of H-pyrrole nitrogens is 1. The summed E-state index contributed by atoms with van der Waals surface area (Å²) >= 11 is 3.51. The highest BCUT2D eigenvalue weighted by Crippen LogP contribution is 2.34. The summed E-state index contributed by atoms with van der Waals surface area (Å²) < 4.78 is 6.51. The average molecular weight is 518 g/mol. The van der Waals surface area contributed by atoms with Crippen molar-refractivity contribution >= 4 is 50.4 Å². The van der Waals surface area contributed by atoms with Gasteiger partial charge in [-0.25, -0.2) is 9.78 Å². The number of imidazole rings is 1. The minimum absolute atomic E-state index is 0.175. The molecular formula is C25H20BrN5O3. The predicted molar refractivity (Wildman–Crippen MR) is 133 cm³/mol. The van der Waals surface area contributed by atoms with E-state index in [9.17, 15) is 9.59 Å². The molecule has 0 spiro atoms. The smallest absolute Gasteiger partial charge is 0.409 e. The molecule has 0 fully saturated rings. The second-order valence-electron chi connectivity index (χ2n) is 7.84. The molecule has 2 N–H and O–H groups in total. The molecule has 1 atom stereocenters. The summed E-state index contributed by atoms with van der Waals surface area (Å²) in [6, 6.07) is 21.7. The lowest BCUT2D eigenvalue weighted by Crippen LogP contribution is -2.29. The van der Waals surface area contributed by atoms with E-state index in [4.69, 9.17) is 4.74 Å². The Morgan fingerprint density at radius 2 is 1.88 bits per heavy atom. The Morgan fingerprint density at radius 3 is 2.62 bits per heavy atom. The van der Waals surface area contributed by atoms with Crippen LogP contribution >= 0.6 is 15.9 Å². The summed E-state index contributed by atoms with van der Waals surface area (Å²) in [5, 5.41) is 8.64. The van der Waals surface area contributed by atoms with E-state index < -0.39 is 6.09 Å². The Hall–Kier alpha value is -3.98. The number of halogens is 1. The summed E-state index contributed by atoms with van der Waals surface area (Å²) in [6.07, 6.45) is -0.129. The van der Waals surface area contributed by atoms with E-state index >= 15 is 0 Å². The van der Waals surface area contributed by atoms with E-state index in [1.165, 1.54) is 11.9 Å². The fourth-order valence-corrected chi connectivity index (χ4v) is 4.26. The van der Waals surface area contributed by atoms with Crippen LogP contribution in [0.3, 0.4) is 0 Å². The van der Waals surface area contributed by atoms with Gasteiger partial charge in [0, 0.05) is 23.5 Å². The zero-order valence-electron chi connectivity index (χ0n) is 18.2. The number of hydrogen-bond acceptors (Lipinski definition) is 5. The van der Waals surface area contributed by atoms with E-state index in [2.05, 4.69) is 36.3 Å². The number of aromatic nitrogens is 2. The van der Waals surface area contributed by atoms with Gasteiger partial charge in [0.05, 0.1) is 17.1 Å². The summed E-state index contributed by atoms with van der Waals surface area (Å²) in [6.45, 7) is 1.43. The lowest BCUT2D eigenvalue weighted by Gasteiger charge is -2.21. The third-order valence-electron chi connectivity index (χ3n) is 5.37. The lowest BCUT2D eigenvalue weighted by atomic mass is 10.0. The largest absolute Gasteiger partial charge is 0.436 e. The van der Waals surface area contributed by atoms with E-state index in [0.717, 1.165) is 21.1 Å². The number of hydrogen-bond donors (Lipinski definition) is 2. The third-order valence-corrected chi connectivity index (χ3v) is 5.87. The zero-order valence-corrected chi connectivity index (χ0v) is 19.7. The van der Waals surface area contributed by atoms with Crippen LogP contribution in [0, 0.1) is 0 Å². The molecule has 1 aliphatic heterocycles. The predicted octanol–water partition coefficient (Wildman–Crippen LogP) is 5.63. The van der Waals surface area contributed by atoms with Crippen molar-refractivity contribution in [3.05, 3.63) is 88.7 Å². The number of aromatic amines is 1. The normalized spacial score (nSPS) is 15.3. The van der Waals surface area contributed by atoms with Crippen LogP contribution in [0.2, 0.25) is 0 Å². The SMILES string of the molecule is CC(=O)Nc1ccc(OC(=O)N2N=C(c3nc4ccccc4[nH]3)CC2c2cccc(Br)c2)cc1. The van der Waals surface area contributed by atoms with Gasteiger partial charge in [-0.15, -0.1) is 0 Å². The first kappa shape index (κ1) is 21.8. The Balaban J connectivity index is 1.44. The Bertz CT molecular complexity index is 1380. The number of para-hydroxylation sites is 2. The molecule has 1 aliphatic rings. The Morgan fingerprint density at radius 1 is 1.09 bits per heavy atom.